The van der Waals surface area contributed by atoms with Gasteiger partial charge in [0.15, 0.2) is 0 Å². The summed E-state index contributed by atoms with van der Waals surface area (Å²) in [7, 11) is 0. The summed E-state index contributed by atoms with van der Waals surface area (Å²) in [5, 5.41) is 10.4. The number of ether oxygens (including phenoxy) is 1. The average Bonchev–Trinajstić information content (AvgIpc) is 2.58. The SMILES string of the molecule is CCN(CC(O)COc1ccccc1C(C)C)C1CCCCC1. The molecule has 1 N–H and O–H groups in total. The van der Waals surface area contributed by atoms with Crippen LogP contribution in [0.25, 0.3) is 0 Å². The zero-order valence-corrected chi connectivity index (χ0v) is 15.0. The number of hydrogen-bond acceptors (Lipinski definition) is 3. The number of benzene rings is 1. The molecule has 0 bridgehead atoms. The van der Waals surface area contributed by atoms with E-state index >= 15 is 0 Å². The molecule has 130 valence electrons. The van der Waals surface area contributed by atoms with Gasteiger partial charge in [-0.05, 0) is 36.9 Å². The van der Waals surface area contributed by atoms with Gasteiger partial charge >= 0.3 is 0 Å². The third-order valence-electron chi connectivity index (χ3n) is 4.91. The van der Waals surface area contributed by atoms with Crippen LogP contribution in [0.4, 0.5) is 0 Å². The Labute approximate surface area is 141 Å². The van der Waals surface area contributed by atoms with Crippen molar-refractivity contribution in [2.24, 2.45) is 0 Å². The first kappa shape index (κ1) is 18.3. The largest absolute Gasteiger partial charge is 0.491 e. The van der Waals surface area contributed by atoms with Crippen molar-refractivity contribution in [1.29, 1.82) is 0 Å². The molecule has 1 fully saturated rings. The maximum atomic E-state index is 10.4. The number of aliphatic hydroxyl groups is 1. The number of hydrogen-bond donors (Lipinski definition) is 1. The van der Waals surface area contributed by atoms with Gasteiger partial charge in [-0.15, -0.1) is 0 Å². The average molecular weight is 319 g/mol. The molecule has 1 aromatic carbocycles. The van der Waals surface area contributed by atoms with E-state index < -0.39 is 6.10 Å². The van der Waals surface area contributed by atoms with Gasteiger partial charge in [-0.1, -0.05) is 58.2 Å². The van der Waals surface area contributed by atoms with Gasteiger partial charge < -0.3 is 9.84 Å². The number of likely N-dealkylation sites (N-methyl/N-ethyl adjacent to an activating group) is 1. The van der Waals surface area contributed by atoms with Crippen LogP contribution in [0.5, 0.6) is 5.75 Å². The Kier molecular flexibility index (Phi) is 7.38. The molecule has 0 spiro atoms. The molecule has 1 atom stereocenters. The smallest absolute Gasteiger partial charge is 0.122 e. The summed E-state index contributed by atoms with van der Waals surface area (Å²) in [4.78, 5) is 2.43. The van der Waals surface area contributed by atoms with Crippen LogP contribution in [-0.2, 0) is 0 Å². The Bertz CT molecular complexity index is 455. The molecule has 23 heavy (non-hydrogen) atoms. The topological polar surface area (TPSA) is 32.7 Å². The van der Waals surface area contributed by atoms with Crippen molar-refractivity contribution in [3.63, 3.8) is 0 Å². The van der Waals surface area contributed by atoms with Crippen LogP contribution in [-0.4, -0.2) is 41.8 Å². The molecule has 0 heterocycles. The Hall–Kier alpha value is -1.06. The van der Waals surface area contributed by atoms with Gasteiger partial charge in [0.25, 0.3) is 0 Å². The monoisotopic (exact) mass is 319 g/mol. The Morgan fingerprint density at radius 2 is 1.87 bits per heavy atom. The normalized spacial score (nSPS) is 17.7. The second-order valence-corrected chi connectivity index (χ2v) is 7.04. The molecule has 0 saturated heterocycles. The predicted molar refractivity (Wildman–Crippen MR) is 96.2 cm³/mol. The van der Waals surface area contributed by atoms with Crippen molar-refractivity contribution >= 4 is 0 Å². The molecule has 0 aromatic heterocycles. The molecule has 3 heteroatoms. The van der Waals surface area contributed by atoms with Gasteiger partial charge in [-0.25, -0.2) is 0 Å². The lowest BCUT2D eigenvalue weighted by Gasteiger charge is -2.34. The minimum atomic E-state index is -0.433. The first-order valence-corrected chi connectivity index (χ1v) is 9.25. The van der Waals surface area contributed by atoms with Crippen LogP contribution < -0.4 is 4.74 Å². The van der Waals surface area contributed by atoms with E-state index in [2.05, 4.69) is 31.7 Å². The highest BCUT2D eigenvalue weighted by molar-refractivity contribution is 5.35. The third kappa shape index (κ3) is 5.50. The van der Waals surface area contributed by atoms with Gasteiger partial charge in [-0.2, -0.15) is 0 Å². The summed E-state index contributed by atoms with van der Waals surface area (Å²) in [5.74, 6) is 1.33. The summed E-state index contributed by atoms with van der Waals surface area (Å²) in [5.41, 5.74) is 1.21. The van der Waals surface area contributed by atoms with Crippen molar-refractivity contribution in [1.82, 2.24) is 4.90 Å². The van der Waals surface area contributed by atoms with Gasteiger partial charge in [0.1, 0.15) is 18.5 Å². The molecule has 1 unspecified atom stereocenters. The van der Waals surface area contributed by atoms with Gasteiger partial charge in [0.05, 0.1) is 0 Å². The number of rotatable bonds is 8. The van der Waals surface area contributed by atoms with E-state index in [4.69, 9.17) is 4.74 Å². The molecule has 1 aliphatic rings. The lowest BCUT2D eigenvalue weighted by molar-refractivity contribution is 0.0460. The third-order valence-corrected chi connectivity index (χ3v) is 4.91. The van der Waals surface area contributed by atoms with Crippen molar-refractivity contribution < 1.29 is 9.84 Å². The fourth-order valence-corrected chi connectivity index (χ4v) is 3.58. The van der Waals surface area contributed by atoms with E-state index in [1.165, 1.54) is 37.7 Å². The highest BCUT2D eigenvalue weighted by Gasteiger charge is 2.22. The fraction of sp³-hybridized carbons (Fsp3) is 0.700. The maximum Gasteiger partial charge on any atom is 0.122 e. The van der Waals surface area contributed by atoms with E-state index in [-0.39, 0.29) is 0 Å². The molecular weight excluding hydrogens is 286 g/mol. The fourth-order valence-electron chi connectivity index (χ4n) is 3.58. The standard InChI is InChI=1S/C20H33NO2/c1-4-21(17-10-6-5-7-11-17)14-18(22)15-23-20-13-9-8-12-19(20)16(2)3/h8-9,12-13,16-18,22H,4-7,10-11,14-15H2,1-3H3. The Balaban J connectivity index is 1.85. The van der Waals surface area contributed by atoms with Crippen molar-refractivity contribution in [3.05, 3.63) is 29.8 Å². The number of nitrogens with zero attached hydrogens (tertiary/aromatic N) is 1. The zero-order chi connectivity index (χ0) is 16.7. The second kappa shape index (κ2) is 9.29. The summed E-state index contributed by atoms with van der Waals surface area (Å²) in [6.45, 7) is 8.61. The molecule has 3 nitrogen and oxygen atoms in total. The van der Waals surface area contributed by atoms with E-state index in [1.807, 2.05) is 18.2 Å². The molecule has 2 rings (SSSR count). The van der Waals surface area contributed by atoms with E-state index in [1.54, 1.807) is 0 Å². The van der Waals surface area contributed by atoms with Crippen LogP contribution in [0.15, 0.2) is 24.3 Å². The molecule has 1 saturated carbocycles. The summed E-state index contributed by atoms with van der Waals surface area (Å²) < 4.78 is 5.92. The van der Waals surface area contributed by atoms with Crippen LogP contribution in [0, 0.1) is 0 Å². The van der Waals surface area contributed by atoms with Gasteiger partial charge in [0.2, 0.25) is 0 Å². The second-order valence-electron chi connectivity index (χ2n) is 7.04. The Morgan fingerprint density at radius 3 is 2.52 bits per heavy atom. The molecule has 0 amide bonds. The molecule has 0 radical (unpaired) electrons. The molecule has 0 aliphatic heterocycles. The van der Waals surface area contributed by atoms with Crippen LogP contribution in [0.2, 0.25) is 0 Å². The van der Waals surface area contributed by atoms with E-state index in [0.29, 0.717) is 25.1 Å². The first-order valence-electron chi connectivity index (χ1n) is 9.25. The maximum absolute atomic E-state index is 10.4. The van der Waals surface area contributed by atoms with Crippen LogP contribution >= 0.6 is 0 Å². The first-order chi connectivity index (χ1) is 11.1. The zero-order valence-electron chi connectivity index (χ0n) is 15.0. The lowest BCUT2D eigenvalue weighted by Crippen LogP contribution is -2.43. The lowest BCUT2D eigenvalue weighted by atomic mass is 9.94. The summed E-state index contributed by atoms with van der Waals surface area (Å²) >= 11 is 0. The van der Waals surface area contributed by atoms with Crippen LogP contribution in [0.3, 0.4) is 0 Å². The van der Waals surface area contributed by atoms with Gasteiger partial charge in [0, 0.05) is 12.6 Å². The molecule has 1 aliphatic carbocycles. The van der Waals surface area contributed by atoms with Crippen molar-refractivity contribution in [2.45, 2.75) is 70.9 Å². The van der Waals surface area contributed by atoms with Crippen molar-refractivity contribution in [3.8, 4) is 5.75 Å². The molecular formula is C20H33NO2. The van der Waals surface area contributed by atoms with Crippen molar-refractivity contribution in [2.75, 3.05) is 19.7 Å². The van der Waals surface area contributed by atoms with Crippen LogP contribution in [0.1, 0.15) is 64.4 Å². The number of para-hydroxylation sites is 1. The minimum Gasteiger partial charge on any atom is -0.491 e. The minimum absolute atomic E-state index is 0.368. The summed E-state index contributed by atoms with van der Waals surface area (Å²) in [6, 6.07) is 8.79. The summed E-state index contributed by atoms with van der Waals surface area (Å²) in [6.07, 6.45) is 6.14. The number of aliphatic hydroxyl groups excluding tert-OH is 1. The van der Waals surface area contributed by atoms with Gasteiger partial charge in [-0.3, -0.25) is 4.90 Å². The molecule has 1 aromatic rings. The van der Waals surface area contributed by atoms with E-state index in [9.17, 15) is 5.11 Å². The quantitative estimate of drug-likeness (QED) is 0.779. The highest BCUT2D eigenvalue weighted by atomic mass is 16.5. The predicted octanol–water partition coefficient (Wildman–Crippen LogP) is 4.20. The highest BCUT2D eigenvalue weighted by Crippen LogP contribution is 2.26. The Morgan fingerprint density at radius 1 is 1.17 bits per heavy atom. The van der Waals surface area contributed by atoms with E-state index in [0.717, 1.165) is 12.3 Å².